The molecule has 0 aliphatic carbocycles. The maximum absolute atomic E-state index is 11.9. The molecule has 1 aromatic carbocycles. The second-order valence-electron chi connectivity index (χ2n) is 7.26. The highest BCUT2D eigenvalue weighted by molar-refractivity contribution is 5.84. The minimum Gasteiger partial charge on any atom is -0.480 e. The number of benzene rings is 1. The molecule has 25 heavy (non-hydrogen) atoms. The fourth-order valence-corrected chi connectivity index (χ4v) is 2.43. The van der Waals surface area contributed by atoms with Gasteiger partial charge in [-0.1, -0.05) is 45.0 Å². The van der Waals surface area contributed by atoms with E-state index in [1.807, 2.05) is 0 Å². The van der Waals surface area contributed by atoms with E-state index in [0.29, 0.717) is 6.42 Å². The first-order chi connectivity index (χ1) is 11.6. The Kier molecular flexibility index (Phi) is 7.61. The second kappa shape index (κ2) is 9.20. The maximum Gasteiger partial charge on any atom is 0.326 e. The molecule has 0 spiro atoms. The number of hydrogen-bond acceptors (Lipinski definition) is 3. The van der Waals surface area contributed by atoms with Crippen LogP contribution in [0.2, 0.25) is 0 Å². The molecular formula is C19H28N2O4. The second-order valence-corrected chi connectivity index (χ2v) is 7.26. The number of carboxylic acids is 1. The van der Waals surface area contributed by atoms with E-state index < -0.39 is 17.9 Å². The van der Waals surface area contributed by atoms with Gasteiger partial charge in [0.25, 0.3) is 0 Å². The largest absolute Gasteiger partial charge is 0.480 e. The number of hydrogen-bond donors (Lipinski definition) is 3. The third kappa shape index (κ3) is 7.83. The molecule has 0 aromatic heterocycles. The van der Waals surface area contributed by atoms with Crippen molar-refractivity contribution in [3.8, 4) is 0 Å². The number of carbonyl (C=O) groups excluding carboxylic acids is 2. The summed E-state index contributed by atoms with van der Waals surface area (Å²) >= 11 is 0. The Morgan fingerprint density at radius 2 is 1.72 bits per heavy atom. The van der Waals surface area contributed by atoms with Crippen LogP contribution in [0.1, 0.15) is 57.6 Å². The van der Waals surface area contributed by atoms with E-state index >= 15 is 0 Å². The third-order valence-corrected chi connectivity index (χ3v) is 4.00. The first kappa shape index (κ1) is 20.7. The summed E-state index contributed by atoms with van der Waals surface area (Å²) in [6.45, 7) is 6.47. The Hall–Kier alpha value is -2.37. The molecular weight excluding hydrogens is 320 g/mol. The zero-order valence-corrected chi connectivity index (χ0v) is 15.2. The molecule has 0 fully saturated rings. The standard InChI is InChI=1S/C19H28N2O4/c1-19(2,3)14-9-7-13(8-10-14)5-4-6-17(23)21-15(18(24)25)11-12-16(20)22/h7-10,15H,4-6,11-12H2,1-3H3,(H2,20,22)(H,21,23)(H,24,25)/t15-/m0/s1. The van der Waals surface area contributed by atoms with Gasteiger partial charge in [0.15, 0.2) is 0 Å². The van der Waals surface area contributed by atoms with E-state index in [9.17, 15) is 14.4 Å². The number of aliphatic carboxylic acids is 1. The highest BCUT2D eigenvalue weighted by Crippen LogP contribution is 2.22. The average molecular weight is 348 g/mol. The van der Waals surface area contributed by atoms with E-state index in [1.54, 1.807) is 0 Å². The number of nitrogens with two attached hydrogens (primary N) is 1. The molecule has 1 atom stereocenters. The van der Waals surface area contributed by atoms with E-state index in [4.69, 9.17) is 10.8 Å². The lowest BCUT2D eigenvalue weighted by Gasteiger charge is -2.19. The molecule has 1 aromatic rings. The van der Waals surface area contributed by atoms with Crippen LogP contribution in [0.4, 0.5) is 0 Å². The van der Waals surface area contributed by atoms with Crippen LogP contribution in [-0.2, 0) is 26.2 Å². The first-order valence-corrected chi connectivity index (χ1v) is 8.49. The van der Waals surface area contributed by atoms with Crippen molar-refractivity contribution < 1.29 is 19.5 Å². The molecule has 0 radical (unpaired) electrons. The van der Waals surface area contributed by atoms with Gasteiger partial charge in [0.05, 0.1) is 0 Å². The molecule has 138 valence electrons. The molecule has 0 aliphatic heterocycles. The molecule has 0 heterocycles. The van der Waals surface area contributed by atoms with Crippen molar-refractivity contribution in [3.05, 3.63) is 35.4 Å². The lowest BCUT2D eigenvalue weighted by Crippen LogP contribution is -2.41. The van der Waals surface area contributed by atoms with Crippen molar-refractivity contribution in [2.45, 2.75) is 64.3 Å². The number of rotatable bonds is 9. The Morgan fingerprint density at radius 3 is 2.20 bits per heavy atom. The molecule has 0 bridgehead atoms. The van der Waals surface area contributed by atoms with Crippen LogP contribution in [0.25, 0.3) is 0 Å². The zero-order valence-electron chi connectivity index (χ0n) is 15.2. The molecule has 2 amide bonds. The Morgan fingerprint density at radius 1 is 1.12 bits per heavy atom. The fourth-order valence-electron chi connectivity index (χ4n) is 2.43. The SMILES string of the molecule is CC(C)(C)c1ccc(CCCC(=O)N[C@@H](CCC(N)=O)C(=O)O)cc1. The smallest absolute Gasteiger partial charge is 0.326 e. The fraction of sp³-hybridized carbons (Fsp3) is 0.526. The van der Waals surface area contributed by atoms with Crippen LogP contribution < -0.4 is 11.1 Å². The quantitative estimate of drug-likeness (QED) is 0.635. The van der Waals surface area contributed by atoms with Crippen LogP contribution in [0.3, 0.4) is 0 Å². The molecule has 1 rings (SSSR count). The van der Waals surface area contributed by atoms with E-state index in [-0.39, 0.29) is 30.6 Å². The summed E-state index contributed by atoms with van der Waals surface area (Å²) in [5.41, 5.74) is 7.52. The third-order valence-electron chi connectivity index (χ3n) is 4.00. The van der Waals surface area contributed by atoms with Crippen molar-refractivity contribution in [2.75, 3.05) is 0 Å². The van der Waals surface area contributed by atoms with Gasteiger partial charge in [0.1, 0.15) is 6.04 Å². The number of primary amides is 1. The van der Waals surface area contributed by atoms with Crippen molar-refractivity contribution in [1.29, 1.82) is 0 Å². The van der Waals surface area contributed by atoms with Gasteiger partial charge in [-0.3, -0.25) is 9.59 Å². The number of aryl methyl sites for hydroxylation is 1. The Labute approximate surface area is 148 Å². The molecule has 4 N–H and O–H groups in total. The molecule has 6 heteroatoms. The number of carboxylic acid groups (broad SMARTS) is 1. The minimum absolute atomic E-state index is 0.00463. The van der Waals surface area contributed by atoms with Crippen LogP contribution in [0.5, 0.6) is 0 Å². The summed E-state index contributed by atoms with van der Waals surface area (Å²) in [6, 6.07) is 7.24. The molecule has 0 aliphatic rings. The maximum atomic E-state index is 11.9. The zero-order chi connectivity index (χ0) is 19.0. The van der Waals surface area contributed by atoms with Crippen LogP contribution in [0, 0.1) is 0 Å². The molecule has 0 unspecified atom stereocenters. The predicted molar refractivity (Wildman–Crippen MR) is 96.1 cm³/mol. The van der Waals surface area contributed by atoms with E-state index in [0.717, 1.165) is 12.0 Å². The van der Waals surface area contributed by atoms with Crippen molar-refractivity contribution in [2.24, 2.45) is 5.73 Å². The number of amides is 2. The summed E-state index contributed by atoms with van der Waals surface area (Å²) in [5.74, 6) is -2.07. The van der Waals surface area contributed by atoms with Gasteiger partial charge in [0, 0.05) is 12.8 Å². The van der Waals surface area contributed by atoms with E-state index in [2.05, 4.69) is 50.4 Å². The van der Waals surface area contributed by atoms with Crippen LogP contribution in [0.15, 0.2) is 24.3 Å². The topological polar surface area (TPSA) is 109 Å². The predicted octanol–water partition coefficient (Wildman–Crippen LogP) is 2.14. The Bertz CT molecular complexity index is 603. The van der Waals surface area contributed by atoms with Gasteiger partial charge >= 0.3 is 5.97 Å². The summed E-state index contributed by atoms with van der Waals surface area (Å²) in [5, 5.41) is 11.5. The van der Waals surface area contributed by atoms with Gasteiger partial charge in [-0.05, 0) is 35.8 Å². The lowest BCUT2D eigenvalue weighted by molar-refractivity contribution is -0.142. The van der Waals surface area contributed by atoms with Crippen molar-refractivity contribution >= 4 is 17.8 Å². The van der Waals surface area contributed by atoms with Crippen LogP contribution >= 0.6 is 0 Å². The summed E-state index contributed by atoms with van der Waals surface area (Å²) in [6.07, 6.45) is 1.54. The minimum atomic E-state index is -1.16. The molecule has 6 nitrogen and oxygen atoms in total. The van der Waals surface area contributed by atoms with Gasteiger partial charge in [-0.2, -0.15) is 0 Å². The van der Waals surface area contributed by atoms with Gasteiger partial charge < -0.3 is 16.2 Å². The molecule has 0 saturated carbocycles. The monoisotopic (exact) mass is 348 g/mol. The Balaban J connectivity index is 2.43. The lowest BCUT2D eigenvalue weighted by atomic mass is 9.86. The van der Waals surface area contributed by atoms with Crippen molar-refractivity contribution in [1.82, 2.24) is 5.32 Å². The summed E-state index contributed by atoms with van der Waals surface area (Å²) in [7, 11) is 0. The average Bonchev–Trinajstić information content (AvgIpc) is 2.50. The number of nitrogens with one attached hydrogen (secondary N) is 1. The van der Waals surface area contributed by atoms with E-state index in [1.165, 1.54) is 5.56 Å². The van der Waals surface area contributed by atoms with Crippen molar-refractivity contribution in [3.63, 3.8) is 0 Å². The number of carbonyl (C=O) groups is 3. The van der Waals surface area contributed by atoms with Gasteiger partial charge in [0.2, 0.25) is 11.8 Å². The molecule has 0 saturated heterocycles. The van der Waals surface area contributed by atoms with Crippen LogP contribution in [-0.4, -0.2) is 28.9 Å². The first-order valence-electron chi connectivity index (χ1n) is 8.49. The van der Waals surface area contributed by atoms with Gasteiger partial charge in [-0.15, -0.1) is 0 Å². The highest BCUT2D eigenvalue weighted by Gasteiger charge is 2.20. The normalized spacial score (nSPS) is 12.4. The van der Waals surface area contributed by atoms with Gasteiger partial charge in [-0.25, -0.2) is 4.79 Å². The summed E-state index contributed by atoms with van der Waals surface area (Å²) < 4.78 is 0. The summed E-state index contributed by atoms with van der Waals surface area (Å²) in [4.78, 5) is 33.7. The highest BCUT2D eigenvalue weighted by atomic mass is 16.4.